The van der Waals surface area contributed by atoms with Crippen LogP contribution in [-0.4, -0.2) is 418 Å². The van der Waals surface area contributed by atoms with E-state index in [1.54, 1.807) is 98.5 Å². The summed E-state index contributed by atoms with van der Waals surface area (Å²) < 4.78 is 253. The largest absolute Gasteiger partial charge is 0.414 e. The van der Waals surface area contributed by atoms with E-state index in [-0.39, 0.29) is 88.1 Å². The minimum Gasteiger partial charge on any atom is -0.414 e. The lowest BCUT2D eigenvalue weighted by Gasteiger charge is -2.53. The average Bonchev–Trinajstić information content (AvgIpc) is 0.780. The number of ether oxygens (including phenoxy) is 28. The standard InChI is InChI=1S/C100H198O35Si7/c1-50-51-114-86-79(107-29)72-65(58-121-142(48,49)100(20,21)22)128-93(86)135-71-64(57-120-141(46,47)99(17,18)19)127-91(85(113-35)78(71)106-28)133-69-62(55-118-139(42,43)97(11,12)13)125-89(83(111-33)76(69)104-26)131-67-60(53-116-137(38,39)95(5,6)7)123-87(81(109-31)74(67)102-24)129-66-59(52-115-136(36,37)94(2,3)4)122-88(80(108-30)73(66)101-23)130-68-61(54-117-138(40,41)96(8,9)10)124-90(82(110-32)75(68)103-25)132-70-63(56-119-140(44,45)98(14,15)16)126-92(134-72)84(112-34)77(70)105-27/h50,59-93H,1,51-58H2,2-49H3/t59-,60-,61-,62-,63-,64-,65-,66-,67-,68-,69-,70-,71-,72-,73+,74+,75+,76+,77+,78+,79+,80-,81-,82-,83-,84-,85-,86-,87-,88-,89-,90-,91-,92-,93-/m1/s1. The van der Waals surface area contributed by atoms with Gasteiger partial charge in [-0.15, -0.1) is 6.58 Å². The summed E-state index contributed by atoms with van der Waals surface area (Å²) in [6.45, 7) is 80.4. The van der Waals surface area contributed by atoms with Crippen molar-refractivity contribution in [3.05, 3.63) is 12.7 Å². The summed E-state index contributed by atoms with van der Waals surface area (Å²) in [5.74, 6) is 0. The van der Waals surface area contributed by atoms with Crippen LogP contribution in [0.3, 0.4) is 0 Å². The summed E-state index contributed by atoms with van der Waals surface area (Å²) >= 11 is 0. The van der Waals surface area contributed by atoms with Gasteiger partial charge in [0.15, 0.2) is 102 Å². The van der Waals surface area contributed by atoms with Gasteiger partial charge in [0.05, 0.1) is 52.9 Å². The van der Waals surface area contributed by atoms with Gasteiger partial charge in [-0.05, 0) is 127 Å². The molecule has 0 unspecified atom stereocenters. The predicted molar refractivity (Wildman–Crippen MR) is 557 cm³/mol. The van der Waals surface area contributed by atoms with Crippen molar-refractivity contribution in [3.8, 4) is 0 Å². The molecule has 15 aliphatic heterocycles. The zero-order chi connectivity index (χ0) is 107. The van der Waals surface area contributed by atoms with E-state index in [9.17, 15) is 0 Å². The van der Waals surface area contributed by atoms with Gasteiger partial charge >= 0.3 is 0 Å². The van der Waals surface area contributed by atoms with Gasteiger partial charge in [0, 0.05) is 92.4 Å². The molecule has 35 nitrogen and oxygen atoms in total. The molecule has 0 aromatic heterocycles. The second-order valence-electron chi connectivity index (χ2n) is 50.2. The van der Waals surface area contributed by atoms with Crippen LogP contribution in [0.25, 0.3) is 0 Å². The van der Waals surface area contributed by atoms with Crippen LogP contribution in [0.15, 0.2) is 12.7 Å². The third-order valence-electron chi connectivity index (χ3n) is 34.0. The second-order valence-corrected chi connectivity index (χ2v) is 83.9. The molecule has 0 aromatic carbocycles. The van der Waals surface area contributed by atoms with E-state index < -0.39 is 273 Å². The molecule has 15 saturated heterocycles. The Morgan fingerprint density at radius 3 is 0.401 bits per heavy atom. The summed E-state index contributed by atoms with van der Waals surface area (Å²) in [4.78, 5) is 0. The first-order valence-electron chi connectivity index (χ1n) is 51.2. The molecule has 15 heterocycles. The Morgan fingerprint density at radius 2 is 0.296 bits per heavy atom. The van der Waals surface area contributed by atoms with Gasteiger partial charge in [0.2, 0.25) is 0 Å². The molecule has 15 rings (SSSR count). The van der Waals surface area contributed by atoms with E-state index in [1.165, 1.54) is 0 Å². The van der Waals surface area contributed by atoms with E-state index in [1.807, 2.05) is 0 Å². The topological polar surface area (TPSA) is 323 Å². The zero-order valence-corrected chi connectivity index (χ0v) is 103. The molecule has 0 aromatic rings. The van der Waals surface area contributed by atoms with Crippen molar-refractivity contribution in [1.82, 2.24) is 0 Å². The fourth-order valence-electron chi connectivity index (χ4n) is 17.4. The van der Waals surface area contributed by atoms with Gasteiger partial charge < -0.3 is 164 Å². The van der Waals surface area contributed by atoms with Crippen LogP contribution in [-0.2, 0) is 164 Å². The van der Waals surface area contributed by atoms with Crippen molar-refractivity contribution in [2.75, 3.05) is 145 Å². The van der Waals surface area contributed by atoms with Gasteiger partial charge in [-0.3, -0.25) is 0 Å². The molecule has 0 radical (unpaired) electrons. The maximum Gasteiger partial charge on any atom is 0.192 e. The Bertz CT molecular complexity index is 3680. The molecule has 142 heavy (non-hydrogen) atoms. The lowest BCUT2D eigenvalue weighted by atomic mass is 9.94. The minimum absolute atomic E-state index is 0.00123. The van der Waals surface area contributed by atoms with E-state index in [2.05, 4.69) is 244 Å². The lowest BCUT2D eigenvalue weighted by molar-refractivity contribution is -0.402. The summed E-state index contributed by atoms with van der Waals surface area (Å²) in [6, 6.07) is 0. The number of methoxy groups -OCH3 is 13. The van der Waals surface area contributed by atoms with Crippen molar-refractivity contribution in [3.63, 3.8) is 0 Å². The van der Waals surface area contributed by atoms with Gasteiger partial charge in [-0.2, -0.15) is 0 Å². The van der Waals surface area contributed by atoms with Crippen LogP contribution >= 0.6 is 0 Å². The van der Waals surface area contributed by atoms with Crippen LogP contribution < -0.4 is 0 Å². The summed E-state index contributed by atoms with van der Waals surface area (Å²) in [5.41, 5.74) is 0. The molecule has 0 spiro atoms. The van der Waals surface area contributed by atoms with Crippen LogP contribution in [0.4, 0.5) is 0 Å². The molecule has 15 aliphatic rings. The fourth-order valence-corrected chi connectivity index (χ4v) is 24.5. The van der Waals surface area contributed by atoms with Gasteiger partial charge in [0.25, 0.3) is 0 Å². The Morgan fingerprint density at radius 1 is 0.183 bits per heavy atom. The van der Waals surface area contributed by atoms with E-state index in [4.69, 9.17) is 164 Å². The molecule has 42 heteroatoms. The zero-order valence-electron chi connectivity index (χ0n) is 96.4. The quantitative estimate of drug-likeness (QED) is 0.0412. The monoisotopic (exact) mass is 2160 g/mol. The average molecular weight is 2160 g/mol. The van der Waals surface area contributed by atoms with Crippen LogP contribution in [0.1, 0.15) is 145 Å². The van der Waals surface area contributed by atoms with Crippen LogP contribution in [0.5, 0.6) is 0 Å². The van der Waals surface area contributed by atoms with Gasteiger partial charge in [-0.1, -0.05) is 151 Å². The predicted octanol–water partition coefficient (Wildman–Crippen LogP) is 15.7. The SMILES string of the molecule is C=CCO[C@H]1[C@H]2O[C@H]3[C@H](OC)[C@@H](OC)[C@@H](O[C@H]4[C@H](OC)[C@@H](OC)[C@@H](O[C@H]5[C@H](OC)[C@@H](OC)[C@@H](O[C@H]6[C@H](OC)[C@@H](OC)[C@@H](O[C@H]7[C@H](OC)[C@@H](OC)[C@@H](O[C@H]8[C@H](OC)[C@@H](OC)[C@@H](O[C@@H]([C@@H]1OC)[C@@H](CO[Si](C)(C)C(C)(C)C)O2)O[C@@H]8CO[Si](C)(C)C(C)(C)C)O[C@@H]7CO[Si](C)(C)C(C)(C)C)O[C@@H]6CO[Si](C)(C)C(C)(C)C)O[C@@H]5CO[Si](C)(C)C(C)(C)C)O[C@@H]4CO[Si](C)(C)C(C)(C)C)O[C@@H]3CO[Si](C)(C)C(C)(C)C. The normalized spacial score (nSPS) is 37.3. The van der Waals surface area contributed by atoms with Crippen LogP contribution in [0.2, 0.25) is 127 Å². The molecule has 0 saturated carbocycles. The van der Waals surface area contributed by atoms with Gasteiger partial charge in [0.1, 0.15) is 171 Å². The molecule has 14 bridgehead atoms. The molecule has 0 N–H and O–H groups in total. The first-order chi connectivity index (χ1) is 65.5. The molecule has 836 valence electrons. The first-order valence-corrected chi connectivity index (χ1v) is 71.6. The number of hydrogen-bond donors (Lipinski definition) is 0. The Kier molecular flexibility index (Phi) is 45.5. The van der Waals surface area contributed by atoms with Crippen molar-refractivity contribution < 1.29 is 164 Å². The highest BCUT2D eigenvalue weighted by atomic mass is 28.4. The smallest absolute Gasteiger partial charge is 0.192 e. The van der Waals surface area contributed by atoms with Crippen molar-refractivity contribution in [2.24, 2.45) is 0 Å². The van der Waals surface area contributed by atoms with Crippen LogP contribution in [0, 0.1) is 0 Å². The highest BCUT2D eigenvalue weighted by molar-refractivity contribution is 6.76. The van der Waals surface area contributed by atoms with Gasteiger partial charge in [-0.25, -0.2) is 0 Å². The number of rotatable bonds is 37. The lowest BCUT2D eigenvalue weighted by Crippen LogP contribution is -2.70. The Labute approximate surface area is 862 Å². The summed E-state index contributed by atoms with van der Waals surface area (Å²) in [6.07, 6.45) is -37.2. The highest BCUT2D eigenvalue weighted by Crippen LogP contribution is 2.50. The first kappa shape index (κ1) is 127. The molecule has 0 aliphatic carbocycles. The number of hydrogen-bond acceptors (Lipinski definition) is 35. The molecule has 15 fully saturated rings. The maximum absolute atomic E-state index is 7.71. The Hall–Kier alpha value is -0.142. The van der Waals surface area contributed by atoms with E-state index in [0.29, 0.717) is 0 Å². The number of fused-ring (bicyclic) bond motifs is 7. The van der Waals surface area contributed by atoms with E-state index >= 15 is 0 Å². The molecular weight excluding hydrogens is 1960 g/mol. The minimum atomic E-state index is -2.69. The summed E-state index contributed by atoms with van der Waals surface area (Å²) in [5, 5.41) is -1.93. The molecule has 0 amide bonds. The third-order valence-corrected chi connectivity index (χ3v) is 65.5. The second kappa shape index (κ2) is 50.8. The molecule has 35 atom stereocenters. The summed E-state index contributed by atoms with van der Waals surface area (Å²) in [7, 11) is 1.89. The van der Waals surface area contributed by atoms with E-state index in [0.717, 1.165) is 0 Å². The van der Waals surface area contributed by atoms with Crippen molar-refractivity contribution >= 4 is 58.2 Å². The highest BCUT2D eigenvalue weighted by Gasteiger charge is 2.65. The molecular formula is C100H198O35Si7. The third kappa shape index (κ3) is 29.4. The maximum atomic E-state index is 7.71. The Balaban J connectivity index is 1.45. The van der Waals surface area contributed by atoms with Crippen molar-refractivity contribution in [1.29, 1.82) is 0 Å². The fraction of sp³-hybridized carbons (Fsp3) is 0.980. The van der Waals surface area contributed by atoms with Crippen molar-refractivity contribution in [2.45, 2.75) is 487 Å².